The molecule has 0 saturated heterocycles. The highest BCUT2D eigenvalue weighted by Gasteiger charge is 2.29. The molecule has 9 nitrogen and oxygen atoms in total. The quantitative estimate of drug-likeness (QED) is 0.558. The van der Waals surface area contributed by atoms with E-state index in [1.54, 1.807) is 31.2 Å². The van der Waals surface area contributed by atoms with Gasteiger partial charge in [-0.2, -0.15) is 0 Å². The van der Waals surface area contributed by atoms with Crippen molar-refractivity contribution in [1.82, 2.24) is 20.2 Å². The van der Waals surface area contributed by atoms with Crippen LogP contribution in [-0.4, -0.2) is 40.4 Å². The number of carbonyl (C=O) groups excluding carboxylic acids is 3. The number of carbonyl (C=O) groups is 3. The van der Waals surface area contributed by atoms with Gasteiger partial charge in [0.15, 0.2) is 0 Å². The zero-order valence-electron chi connectivity index (χ0n) is 16.1. The Kier molecular flexibility index (Phi) is 6.38. The van der Waals surface area contributed by atoms with Gasteiger partial charge in [0.25, 0.3) is 11.5 Å². The van der Waals surface area contributed by atoms with Crippen LogP contribution >= 0.6 is 0 Å². The van der Waals surface area contributed by atoms with Crippen molar-refractivity contribution in [3.05, 3.63) is 58.3 Å². The summed E-state index contributed by atoms with van der Waals surface area (Å²) in [5.41, 5.74) is 1.41. The van der Waals surface area contributed by atoms with E-state index in [2.05, 4.69) is 20.9 Å². The Hall–Kier alpha value is -3.49. The van der Waals surface area contributed by atoms with Crippen LogP contribution in [0.2, 0.25) is 0 Å². The fourth-order valence-corrected chi connectivity index (χ4v) is 2.62. The number of aromatic nitrogens is 2. The monoisotopic (exact) mass is 397 g/mol. The first-order chi connectivity index (χ1) is 13.9. The molecule has 0 spiro atoms. The van der Waals surface area contributed by atoms with Gasteiger partial charge in [0.1, 0.15) is 6.54 Å². The second kappa shape index (κ2) is 9.13. The summed E-state index contributed by atoms with van der Waals surface area (Å²) in [4.78, 5) is 51.5. The SMILES string of the molecule is Cc1cc(=O)n(CC(=O)NCCNC(=O)c2ccc(NC(=O)C3CC3)cc2)cn1. The van der Waals surface area contributed by atoms with Crippen LogP contribution in [0.15, 0.2) is 41.5 Å². The molecular formula is C20H23N5O4. The minimum Gasteiger partial charge on any atom is -0.353 e. The first kappa shape index (κ1) is 20.2. The smallest absolute Gasteiger partial charge is 0.253 e. The van der Waals surface area contributed by atoms with Gasteiger partial charge in [-0.15, -0.1) is 0 Å². The van der Waals surface area contributed by atoms with E-state index in [1.165, 1.54) is 17.0 Å². The lowest BCUT2D eigenvalue weighted by Crippen LogP contribution is -2.37. The molecule has 3 N–H and O–H groups in total. The van der Waals surface area contributed by atoms with Crippen LogP contribution in [0.3, 0.4) is 0 Å². The van der Waals surface area contributed by atoms with Crippen LogP contribution in [0.4, 0.5) is 5.69 Å². The van der Waals surface area contributed by atoms with Gasteiger partial charge < -0.3 is 16.0 Å². The minimum atomic E-state index is -0.345. The van der Waals surface area contributed by atoms with Crippen molar-refractivity contribution in [2.75, 3.05) is 18.4 Å². The van der Waals surface area contributed by atoms with Crippen molar-refractivity contribution < 1.29 is 14.4 Å². The molecule has 152 valence electrons. The summed E-state index contributed by atoms with van der Waals surface area (Å²) >= 11 is 0. The molecule has 2 aromatic rings. The Labute approximate surface area is 167 Å². The van der Waals surface area contributed by atoms with Gasteiger partial charge in [-0.3, -0.25) is 23.7 Å². The van der Waals surface area contributed by atoms with Gasteiger partial charge in [0.2, 0.25) is 11.8 Å². The Morgan fingerprint density at radius 1 is 1.10 bits per heavy atom. The van der Waals surface area contributed by atoms with Crippen LogP contribution in [0.25, 0.3) is 0 Å². The molecule has 1 aromatic heterocycles. The number of nitrogens with zero attached hydrogens (tertiary/aromatic N) is 2. The van der Waals surface area contributed by atoms with Gasteiger partial charge >= 0.3 is 0 Å². The fourth-order valence-electron chi connectivity index (χ4n) is 2.62. The number of nitrogens with one attached hydrogen (secondary N) is 3. The van der Waals surface area contributed by atoms with Crippen LogP contribution in [0.5, 0.6) is 0 Å². The van der Waals surface area contributed by atoms with Crippen molar-refractivity contribution in [3.8, 4) is 0 Å². The zero-order chi connectivity index (χ0) is 20.8. The molecule has 3 amide bonds. The van der Waals surface area contributed by atoms with Gasteiger partial charge in [-0.25, -0.2) is 4.98 Å². The molecule has 9 heteroatoms. The number of aryl methyl sites for hydroxylation is 1. The lowest BCUT2D eigenvalue weighted by atomic mass is 10.2. The molecule has 1 saturated carbocycles. The third kappa shape index (κ3) is 6.00. The number of rotatable bonds is 8. The summed E-state index contributed by atoms with van der Waals surface area (Å²) in [5, 5.41) is 8.16. The Balaban J connectivity index is 1.38. The molecule has 1 aromatic carbocycles. The number of benzene rings is 1. The molecule has 0 atom stereocenters. The molecule has 0 unspecified atom stereocenters. The van der Waals surface area contributed by atoms with E-state index in [1.807, 2.05) is 0 Å². The molecule has 29 heavy (non-hydrogen) atoms. The average Bonchev–Trinajstić information content (AvgIpc) is 3.53. The molecule has 1 fully saturated rings. The molecule has 0 radical (unpaired) electrons. The number of hydrogen-bond acceptors (Lipinski definition) is 5. The third-order valence-electron chi connectivity index (χ3n) is 4.43. The molecule has 0 aliphatic heterocycles. The summed E-state index contributed by atoms with van der Waals surface area (Å²) in [6.07, 6.45) is 3.19. The second-order valence-corrected chi connectivity index (χ2v) is 6.94. The Bertz CT molecular complexity index is 964. The highest BCUT2D eigenvalue weighted by Crippen LogP contribution is 2.30. The van der Waals surface area contributed by atoms with Gasteiger partial charge in [0.05, 0.1) is 6.33 Å². The predicted molar refractivity (Wildman–Crippen MR) is 106 cm³/mol. The maximum Gasteiger partial charge on any atom is 0.253 e. The maximum absolute atomic E-state index is 12.1. The lowest BCUT2D eigenvalue weighted by molar-refractivity contribution is -0.121. The van der Waals surface area contributed by atoms with Gasteiger partial charge in [-0.1, -0.05) is 0 Å². The maximum atomic E-state index is 12.1. The number of hydrogen-bond donors (Lipinski definition) is 3. The molecule has 3 rings (SSSR count). The van der Waals surface area contributed by atoms with Crippen molar-refractivity contribution in [2.24, 2.45) is 5.92 Å². The van der Waals surface area contributed by atoms with Crippen molar-refractivity contribution in [2.45, 2.75) is 26.3 Å². The van der Waals surface area contributed by atoms with E-state index < -0.39 is 0 Å². The molecule has 0 bridgehead atoms. The summed E-state index contributed by atoms with van der Waals surface area (Å²) in [5.74, 6) is -0.489. The topological polar surface area (TPSA) is 122 Å². The summed E-state index contributed by atoms with van der Waals surface area (Å²) in [6.45, 7) is 2.04. The Morgan fingerprint density at radius 2 is 1.79 bits per heavy atom. The number of anilines is 1. The van der Waals surface area contributed by atoms with Crippen molar-refractivity contribution in [1.29, 1.82) is 0 Å². The zero-order valence-corrected chi connectivity index (χ0v) is 16.1. The van der Waals surface area contributed by atoms with Crippen LogP contribution < -0.4 is 21.5 Å². The van der Waals surface area contributed by atoms with Crippen LogP contribution in [0, 0.1) is 12.8 Å². The summed E-state index contributed by atoms with van der Waals surface area (Å²) in [7, 11) is 0. The highest BCUT2D eigenvalue weighted by molar-refractivity contribution is 5.96. The van der Waals surface area contributed by atoms with Crippen molar-refractivity contribution in [3.63, 3.8) is 0 Å². The standard InChI is InChI=1S/C20H23N5O4/c1-13-10-18(27)25(12-23-13)11-17(26)21-8-9-22-19(28)14-4-6-16(7-5-14)24-20(29)15-2-3-15/h4-7,10,12,15H,2-3,8-9,11H2,1H3,(H,21,26)(H,22,28)(H,24,29). The van der Waals surface area contributed by atoms with E-state index in [9.17, 15) is 19.2 Å². The normalized spacial score (nSPS) is 12.9. The molecular weight excluding hydrogens is 374 g/mol. The fraction of sp³-hybridized carbons (Fsp3) is 0.350. The van der Waals surface area contributed by atoms with Gasteiger partial charge in [-0.05, 0) is 44.0 Å². The average molecular weight is 397 g/mol. The summed E-state index contributed by atoms with van der Waals surface area (Å²) in [6, 6.07) is 7.99. The first-order valence-corrected chi connectivity index (χ1v) is 9.41. The predicted octanol–water partition coefficient (Wildman–Crippen LogP) is 0.446. The van der Waals surface area contributed by atoms with Gasteiger partial charge in [0, 0.05) is 42.0 Å². The molecule has 1 heterocycles. The Morgan fingerprint density at radius 3 is 2.45 bits per heavy atom. The van der Waals surface area contributed by atoms with E-state index in [4.69, 9.17) is 0 Å². The van der Waals surface area contributed by atoms with Crippen LogP contribution in [0.1, 0.15) is 28.9 Å². The highest BCUT2D eigenvalue weighted by atomic mass is 16.2. The third-order valence-corrected chi connectivity index (χ3v) is 4.43. The lowest BCUT2D eigenvalue weighted by Gasteiger charge is -2.09. The van der Waals surface area contributed by atoms with Crippen LogP contribution in [-0.2, 0) is 16.1 Å². The molecule has 1 aliphatic carbocycles. The first-order valence-electron chi connectivity index (χ1n) is 9.41. The van der Waals surface area contributed by atoms with E-state index in [-0.39, 0.29) is 48.8 Å². The number of amides is 3. The largest absolute Gasteiger partial charge is 0.353 e. The van der Waals surface area contributed by atoms with E-state index >= 15 is 0 Å². The van der Waals surface area contributed by atoms with E-state index in [0.717, 1.165) is 12.8 Å². The minimum absolute atomic E-state index is 0.0154. The molecule has 1 aliphatic rings. The van der Waals surface area contributed by atoms with E-state index in [0.29, 0.717) is 16.9 Å². The summed E-state index contributed by atoms with van der Waals surface area (Å²) < 4.78 is 1.21. The second-order valence-electron chi connectivity index (χ2n) is 6.94. The van der Waals surface area contributed by atoms with Crippen molar-refractivity contribution >= 4 is 23.4 Å².